The third kappa shape index (κ3) is 5.23. The Labute approximate surface area is 160 Å². The van der Waals surface area contributed by atoms with Crippen molar-refractivity contribution < 1.29 is 19.1 Å². The van der Waals surface area contributed by atoms with Gasteiger partial charge >= 0.3 is 0 Å². The van der Waals surface area contributed by atoms with Gasteiger partial charge in [0.2, 0.25) is 11.8 Å². The molecule has 6 heteroatoms. The van der Waals surface area contributed by atoms with E-state index in [1.165, 1.54) is 14.0 Å². The highest BCUT2D eigenvalue weighted by atomic mass is 16.5. The summed E-state index contributed by atoms with van der Waals surface area (Å²) in [6, 6.07) is 11.1. The molecule has 2 rings (SSSR count). The number of rotatable bonds is 7. The topological polar surface area (TPSA) is 67.9 Å². The number of aryl methyl sites for hydroxylation is 2. The number of nitrogens with one attached hydrogen (secondary N) is 1. The Bertz CT molecular complexity index is 833. The third-order valence-corrected chi connectivity index (χ3v) is 4.27. The van der Waals surface area contributed by atoms with Crippen molar-refractivity contribution in [3.8, 4) is 11.5 Å². The average Bonchev–Trinajstić information content (AvgIpc) is 2.63. The molecule has 0 fully saturated rings. The largest absolute Gasteiger partial charge is 0.497 e. The van der Waals surface area contributed by atoms with Gasteiger partial charge in [0.15, 0.2) is 0 Å². The van der Waals surface area contributed by atoms with Crippen LogP contribution in [0.5, 0.6) is 11.5 Å². The van der Waals surface area contributed by atoms with Crippen molar-refractivity contribution in [2.24, 2.45) is 0 Å². The van der Waals surface area contributed by atoms with Gasteiger partial charge in [0.1, 0.15) is 11.5 Å². The summed E-state index contributed by atoms with van der Waals surface area (Å²) in [6.07, 6.45) is 0.169. The second-order valence-corrected chi connectivity index (χ2v) is 6.32. The molecular weight excluding hydrogens is 344 g/mol. The van der Waals surface area contributed by atoms with Gasteiger partial charge in [-0.2, -0.15) is 0 Å². The normalized spacial score (nSPS) is 10.3. The van der Waals surface area contributed by atoms with E-state index in [0.29, 0.717) is 23.7 Å². The Morgan fingerprint density at radius 3 is 2.37 bits per heavy atom. The zero-order valence-corrected chi connectivity index (χ0v) is 16.5. The lowest BCUT2D eigenvalue weighted by Gasteiger charge is -2.23. The first-order valence-corrected chi connectivity index (χ1v) is 8.73. The fourth-order valence-electron chi connectivity index (χ4n) is 2.88. The first-order valence-electron chi connectivity index (χ1n) is 8.73. The first kappa shape index (κ1) is 20.3. The van der Waals surface area contributed by atoms with E-state index in [9.17, 15) is 9.59 Å². The van der Waals surface area contributed by atoms with Crippen LogP contribution >= 0.6 is 0 Å². The standard InChI is InChI=1S/C21H26N2O4/c1-14-6-9-19(15(2)12-14)23(16(3)24)11-10-21(25)22-18-8-7-17(26-4)13-20(18)27-5/h6-9,12-13H,10-11H2,1-5H3,(H,22,25). The monoisotopic (exact) mass is 370 g/mol. The smallest absolute Gasteiger partial charge is 0.226 e. The maximum absolute atomic E-state index is 12.4. The molecule has 2 amide bonds. The summed E-state index contributed by atoms with van der Waals surface area (Å²) in [6.45, 7) is 5.76. The van der Waals surface area contributed by atoms with Gasteiger partial charge in [-0.25, -0.2) is 0 Å². The number of carbonyl (C=O) groups excluding carboxylic acids is 2. The highest BCUT2D eigenvalue weighted by Gasteiger charge is 2.16. The van der Waals surface area contributed by atoms with Crippen molar-refractivity contribution in [1.82, 2.24) is 0 Å². The van der Waals surface area contributed by atoms with E-state index < -0.39 is 0 Å². The molecule has 0 spiro atoms. The Morgan fingerprint density at radius 1 is 1.04 bits per heavy atom. The molecule has 0 heterocycles. The molecular formula is C21H26N2O4. The molecule has 0 aliphatic heterocycles. The predicted molar refractivity (Wildman–Crippen MR) is 107 cm³/mol. The molecule has 0 bridgehead atoms. The number of nitrogens with zero attached hydrogens (tertiary/aromatic N) is 1. The Kier molecular flexibility index (Phi) is 6.82. The van der Waals surface area contributed by atoms with E-state index in [4.69, 9.17) is 9.47 Å². The van der Waals surface area contributed by atoms with Crippen LogP contribution in [-0.4, -0.2) is 32.6 Å². The summed E-state index contributed by atoms with van der Waals surface area (Å²) in [5.74, 6) is 0.856. The summed E-state index contributed by atoms with van der Waals surface area (Å²) in [5, 5.41) is 2.82. The fourth-order valence-corrected chi connectivity index (χ4v) is 2.88. The van der Waals surface area contributed by atoms with Crippen molar-refractivity contribution in [2.75, 3.05) is 31.0 Å². The maximum atomic E-state index is 12.4. The van der Waals surface area contributed by atoms with Crippen LogP contribution in [0.4, 0.5) is 11.4 Å². The van der Waals surface area contributed by atoms with E-state index in [-0.39, 0.29) is 18.2 Å². The summed E-state index contributed by atoms with van der Waals surface area (Å²) in [7, 11) is 3.10. The lowest BCUT2D eigenvalue weighted by Crippen LogP contribution is -2.32. The van der Waals surface area contributed by atoms with Crippen LogP contribution in [0.3, 0.4) is 0 Å². The second-order valence-electron chi connectivity index (χ2n) is 6.32. The van der Waals surface area contributed by atoms with Gasteiger partial charge in [-0.05, 0) is 37.6 Å². The van der Waals surface area contributed by atoms with E-state index in [2.05, 4.69) is 5.32 Å². The Hall–Kier alpha value is -3.02. The van der Waals surface area contributed by atoms with Crippen molar-refractivity contribution in [1.29, 1.82) is 0 Å². The summed E-state index contributed by atoms with van der Waals surface area (Å²) in [5.41, 5.74) is 3.51. The number of benzene rings is 2. The molecule has 2 aromatic carbocycles. The second kappa shape index (κ2) is 9.07. The molecule has 0 radical (unpaired) electrons. The number of hydrogen-bond acceptors (Lipinski definition) is 4. The number of methoxy groups -OCH3 is 2. The number of ether oxygens (including phenoxy) is 2. The van der Waals surface area contributed by atoms with E-state index in [1.807, 2.05) is 32.0 Å². The minimum absolute atomic E-state index is 0.100. The van der Waals surface area contributed by atoms with Crippen LogP contribution in [0.2, 0.25) is 0 Å². The Balaban J connectivity index is 2.07. The summed E-state index contributed by atoms with van der Waals surface area (Å²) < 4.78 is 10.4. The minimum atomic E-state index is -0.200. The van der Waals surface area contributed by atoms with E-state index in [1.54, 1.807) is 30.2 Å². The summed E-state index contributed by atoms with van der Waals surface area (Å²) >= 11 is 0. The fraction of sp³-hybridized carbons (Fsp3) is 0.333. The number of carbonyl (C=O) groups is 2. The van der Waals surface area contributed by atoms with Crippen molar-refractivity contribution in [2.45, 2.75) is 27.2 Å². The SMILES string of the molecule is COc1ccc(NC(=O)CCN(C(C)=O)c2ccc(C)cc2C)c(OC)c1. The molecule has 0 aliphatic rings. The zero-order valence-electron chi connectivity index (χ0n) is 16.5. The highest BCUT2D eigenvalue weighted by molar-refractivity contribution is 5.96. The van der Waals surface area contributed by atoms with Gasteiger partial charge in [0, 0.05) is 31.6 Å². The van der Waals surface area contributed by atoms with Crippen LogP contribution in [0.25, 0.3) is 0 Å². The van der Waals surface area contributed by atoms with Gasteiger partial charge < -0.3 is 19.7 Å². The third-order valence-electron chi connectivity index (χ3n) is 4.27. The van der Waals surface area contributed by atoms with Crippen LogP contribution in [0, 0.1) is 13.8 Å². The summed E-state index contributed by atoms with van der Waals surface area (Å²) in [4.78, 5) is 26.1. The molecule has 0 unspecified atom stereocenters. The van der Waals surface area contributed by atoms with Gasteiger partial charge in [0.05, 0.1) is 19.9 Å². The van der Waals surface area contributed by atoms with Gasteiger partial charge in [-0.15, -0.1) is 0 Å². The maximum Gasteiger partial charge on any atom is 0.226 e. The molecule has 2 aromatic rings. The van der Waals surface area contributed by atoms with Crippen LogP contribution < -0.4 is 19.7 Å². The average molecular weight is 370 g/mol. The molecule has 1 N–H and O–H groups in total. The van der Waals surface area contributed by atoms with E-state index in [0.717, 1.165) is 16.8 Å². The van der Waals surface area contributed by atoms with Crippen LogP contribution in [0.1, 0.15) is 24.5 Å². The lowest BCUT2D eigenvalue weighted by atomic mass is 10.1. The number of anilines is 2. The number of hydrogen-bond donors (Lipinski definition) is 1. The quantitative estimate of drug-likeness (QED) is 0.807. The molecule has 0 saturated heterocycles. The number of amides is 2. The van der Waals surface area contributed by atoms with Crippen molar-refractivity contribution in [3.05, 3.63) is 47.5 Å². The Morgan fingerprint density at radius 2 is 1.78 bits per heavy atom. The molecule has 0 aromatic heterocycles. The van der Waals surface area contributed by atoms with Gasteiger partial charge in [-0.3, -0.25) is 9.59 Å². The van der Waals surface area contributed by atoms with Gasteiger partial charge in [0.25, 0.3) is 0 Å². The van der Waals surface area contributed by atoms with Crippen molar-refractivity contribution >= 4 is 23.2 Å². The zero-order chi connectivity index (χ0) is 20.0. The highest BCUT2D eigenvalue weighted by Crippen LogP contribution is 2.29. The van der Waals surface area contributed by atoms with E-state index >= 15 is 0 Å². The van der Waals surface area contributed by atoms with Crippen molar-refractivity contribution in [3.63, 3.8) is 0 Å². The molecule has 144 valence electrons. The van der Waals surface area contributed by atoms with Gasteiger partial charge in [-0.1, -0.05) is 17.7 Å². The van der Waals surface area contributed by atoms with Crippen LogP contribution in [-0.2, 0) is 9.59 Å². The predicted octanol–water partition coefficient (Wildman–Crippen LogP) is 3.70. The minimum Gasteiger partial charge on any atom is -0.497 e. The molecule has 0 saturated carbocycles. The molecule has 0 atom stereocenters. The lowest BCUT2D eigenvalue weighted by molar-refractivity contribution is -0.117. The molecule has 27 heavy (non-hydrogen) atoms. The molecule has 6 nitrogen and oxygen atoms in total. The van der Waals surface area contributed by atoms with Crippen LogP contribution in [0.15, 0.2) is 36.4 Å². The molecule has 0 aliphatic carbocycles. The first-order chi connectivity index (χ1) is 12.8.